The van der Waals surface area contributed by atoms with Crippen LogP contribution in [-0.4, -0.2) is 41.8 Å². The summed E-state index contributed by atoms with van der Waals surface area (Å²) in [6.45, 7) is 4.69. The summed E-state index contributed by atoms with van der Waals surface area (Å²) < 4.78 is 32.5. The number of aryl methyl sites for hydroxylation is 1. The standard InChI is InChI=1S/C25H27FN4O3/c1-15-10-17-19(30-15)5-6-21(24(17)26)33-25-18-11-22(31-2)23(12-20(18)28-14-29-25)32-9-3-4-16-7-8-27-13-16/h5-6,10-12,14,16,27,30H,3-4,7-9,13H2,1-2H3. The minimum atomic E-state index is -0.437. The largest absolute Gasteiger partial charge is 0.493 e. The summed E-state index contributed by atoms with van der Waals surface area (Å²) in [4.78, 5) is 11.7. The molecule has 33 heavy (non-hydrogen) atoms. The van der Waals surface area contributed by atoms with Crippen LogP contribution < -0.4 is 19.5 Å². The Hall–Kier alpha value is -3.39. The zero-order valence-corrected chi connectivity index (χ0v) is 18.8. The molecule has 7 nitrogen and oxygen atoms in total. The van der Waals surface area contributed by atoms with E-state index in [1.54, 1.807) is 31.4 Å². The molecule has 1 fully saturated rings. The molecule has 5 rings (SSSR count). The summed E-state index contributed by atoms with van der Waals surface area (Å²) in [6.07, 6.45) is 4.75. The van der Waals surface area contributed by atoms with Gasteiger partial charge >= 0.3 is 0 Å². The molecule has 2 N–H and O–H groups in total. The summed E-state index contributed by atoms with van der Waals surface area (Å²) >= 11 is 0. The average molecular weight is 451 g/mol. The first-order chi connectivity index (χ1) is 16.1. The second kappa shape index (κ2) is 9.23. The van der Waals surface area contributed by atoms with Crippen LogP contribution in [0.1, 0.15) is 25.0 Å². The van der Waals surface area contributed by atoms with Gasteiger partial charge in [0.2, 0.25) is 5.88 Å². The lowest BCUT2D eigenvalue weighted by Crippen LogP contribution is -2.10. The molecular formula is C25H27FN4O3. The van der Waals surface area contributed by atoms with Gasteiger partial charge in [0.15, 0.2) is 23.1 Å². The molecule has 1 aliphatic heterocycles. The van der Waals surface area contributed by atoms with Crippen molar-refractivity contribution in [1.82, 2.24) is 20.3 Å². The fourth-order valence-corrected chi connectivity index (χ4v) is 4.38. The highest BCUT2D eigenvalue weighted by molar-refractivity contribution is 5.87. The molecule has 172 valence electrons. The maximum absolute atomic E-state index is 15.0. The number of hydrogen-bond donors (Lipinski definition) is 2. The molecule has 4 aromatic rings. The second-order valence-electron chi connectivity index (χ2n) is 8.44. The molecule has 1 unspecified atom stereocenters. The van der Waals surface area contributed by atoms with Crippen LogP contribution >= 0.6 is 0 Å². The molecule has 0 aliphatic carbocycles. The Morgan fingerprint density at radius 1 is 1.09 bits per heavy atom. The normalized spacial score (nSPS) is 15.9. The van der Waals surface area contributed by atoms with Gasteiger partial charge in [-0.1, -0.05) is 0 Å². The highest BCUT2D eigenvalue weighted by Crippen LogP contribution is 2.37. The zero-order chi connectivity index (χ0) is 22.8. The number of nitrogens with one attached hydrogen (secondary N) is 2. The number of aromatic nitrogens is 3. The molecule has 0 bridgehead atoms. The van der Waals surface area contributed by atoms with Gasteiger partial charge in [-0.15, -0.1) is 0 Å². The Labute approximate surface area is 191 Å². The van der Waals surface area contributed by atoms with Crippen LogP contribution in [0.25, 0.3) is 21.8 Å². The SMILES string of the molecule is COc1cc2c(Oc3ccc4[nH]c(C)cc4c3F)ncnc2cc1OCCCC1CCNC1. The second-order valence-corrected chi connectivity index (χ2v) is 8.44. The van der Waals surface area contributed by atoms with E-state index in [1.807, 2.05) is 13.0 Å². The van der Waals surface area contributed by atoms with E-state index in [4.69, 9.17) is 14.2 Å². The maximum Gasteiger partial charge on any atom is 0.230 e. The van der Waals surface area contributed by atoms with Crippen LogP contribution in [-0.2, 0) is 0 Å². The van der Waals surface area contributed by atoms with E-state index < -0.39 is 5.82 Å². The van der Waals surface area contributed by atoms with Gasteiger partial charge in [-0.25, -0.2) is 14.4 Å². The zero-order valence-electron chi connectivity index (χ0n) is 18.8. The molecule has 1 aliphatic rings. The number of rotatable bonds is 8. The minimum absolute atomic E-state index is 0.0993. The van der Waals surface area contributed by atoms with E-state index in [1.165, 1.54) is 12.7 Å². The lowest BCUT2D eigenvalue weighted by atomic mass is 10.0. The van der Waals surface area contributed by atoms with E-state index in [9.17, 15) is 0 Å². The first kappa shape index (κ1) is 21.5. The topological polar surface area (TPSA) is 81.3 Å². The predicted octanol–water partition coefficient (Wildman–Crippen LogP) is 5.13. The number of hydrogen-bond acceptors (Lipinski definition) is 6. The molecule has 8 heteroatoms. The van der Waals surface area contributed by atoms with Crippen molar-refractivity contribution in [3.63, 3.8) is 0 Å². The Bertz CT molecular complexity index is 1280. The van der Waals surface area contributed by atoms with Crippen molar-refractivity contribution >= 4 is 21.8 Å². The van der Waals surface area contributed by atoms with E-state index in [-0.39, 0.29) is 11.6 Å². The fourth-order valence-electron chi connectivity index (χ4n) is 4.38. The fraction of sp³-hybridized carbons (Fsp3) is 0.360. The minimum Gasteiger partial charge on any atom is -0.493 e. The Morgan fingerprint density at radius 3 is 2.82 bits per heavy atom. The van der Waals surface area contributed by atoms with Crippen molar-refractivity contribution in [2.45, 2.75) is 26.2 Å². The van der Waals surface area contributed by atoms with Crippen molar-refractivity contribution in [3.8, 4) is 23.1 Å². The number of ether oxygens (including phenoxy) is 3. The van der Waals surface area contributed by atoms with Crippen LogP contribution in [0.15, 0.2) is 36.7 Å². The molecule has 0 amide bonds. The van der Waals surface area contributed by atoms with Gasteiger partial charge in [-0.3, -0.25) is 0 Å². The van der Waals surface area contributed by atoms with Gasteiger partial charge in [0.25, 0.3) is 0 Å². The van der Waals surface area contributed by atoms with Crippen molar-refractivity contribution < 1.29 is 18.6 Å². The molecular weight excluding hydrogens is 423 g/mol. The van der Waals surface area contributed by atoms with Crippen LogP contribution in [0.5, 0.6) is 23.1 Å². The van der Waals surface area contributed by atoms with Crippen molar-refractivity contribution in [2.24, 2.45) is 5.92 Å². The summed E-state index contributed by atoms with van der Waals surface area (Å²) in [6, 6.07) is 8.73. The van der Waals surface area contributed by atoms with E-state index >= 15 is 4.39 Å². The third kappa shape index (κ3) is 4.43. The Balaban J connectivity index is 1.38. The monoisotopic (exact) mass is 450 g/mol. The van der Waals surface area contributed by atoms with Crippen LogP contribution in [0, 0.1) is 18.7 Å². The molecule has 0 saturated carbocycles. The molecule has 3 heterocycles. The molecule has 1 atom stereocenters. The Kier molecular flexibility index (Phi) is 6.00. The van der Waals surface area contributed by atoms with Gasteiger partial charge < -0.3 is 24.5 Å². The number of benzene rings is 2. The summed E-state index contributed by atoms with van der Waals surface area (Å²) in [5.41, 5.74) is 2.23. The van der Waals surface area contributed by atoms with Gasteiger partial charge in [0, 0.05) is 22.7 Å². The maximum atomic E-state index is 15.0. The molecule has 1 saturated heterocycles. The van der Waals surface area contributed by atoms with Crippen molar-refractivity contribution in [2.75, 3.05) is 26.8 Å². The summed E-state index contributed by atoms with van der Waals surface area (Å²) in [5.74, 6) is 1.82. The van der Waals surface area contributed by atoms with E-state index in [0.29, 0.717) is 34.4 Å². The molecule has 2 aromatic carbocycles. The van der Waals surface area contributed by atoms with Gasteiger partial charge in [-0.05, 0) is 69.5 Å². The lowest BCUT2D eigenvalue weighted by Gasteiger charge is -2.14. The van der Waals surface area contributed by atoms with Crippen molar-refractivity contribution in [3.05, 3.63) is 48.2 Å². The molecule has 0 radical (unpaired) electrons. The third-order valence-corrected chi connectivity index (χ3v) is 6.10. The predicted molar refractivity (Wildman–Crippen MR) is 125 cm³/mol. The number of nitrogens with zero attached hydrogens (tertiary/aromatic N) is 2. The molecule has 0 spiro atoms. The number of fused-ring (bicyclic) bond motifs is 2. The first-order valence-electron chi connectivity index (χ1n) is 11.2. The highest BCUT2D eigenvalue weighted by atomic mass is 19.1. The number of halogens is 1. The quantitative estimate of drug-likeness (QED) is 0.362. The average Bonchev–Trinajstić information content (AvgIpc) is 3.47. The molecule has 2 aromatic heterocycles. The number of methoxy groups -OCH3 is 1. The van der Waals surface area contributed by atoms with Crippen LogP contribution in [0.2, 0.25) is 0 Å². The smallest absolute Gasteiger partial charge is 0.230 e. The third-order valence-electron chi connectivity index (χ3n) is 6.10. The lowest BCUT2D eigenvalue weighted by molar-refractivity contribution is 0.278. The number of aromatic amines is 1. The highest BCUT2D eigenvalue weighted by Gasteiger charge is 2.17. The van der Waals surface area contributed by atoms with Crippen LogP contribution in [0.3, 0.4) is 0 Å². The van der Waals surface area contributed by atoms with Gasteiger partial charge in [0.1, 0.15) is 6.33 Å². The van der Waals surface area contributed by atoms with Gasteiger partial charge in [-0.2, -0.15) is 0 Å². The van der Waals surface area contributed by atoms with E-state index in [2.05, 4.69) is 20.3 Å². The van der Waals surface area contributed by atoms with Gasteiger partial charge in [0.05, 0.1) is 24.6 Å². The summed E-state index contributed by atoms with van der Waals surface area (Å²) in [7, 11) is 1.59. The van der Waals surface area contributed by atoms with E-state index in [0.717, 1.165) is 43.1 Å². The summed E-state index contributed by atoms with van der Waals surface area (Å²) in [5, 5.41) is 4.48. The first-order valence-corrected chi connectivity index (χ1v) is 11.2. The van der Waals surface area contributed by atoms with Crippen molar-refractivity contribution in [1.29, 1.82) is 0 Å². The van der Waals surface area contributed by atoms with Crippen LogP contribution in [0.4, 0.5) is 4.39 Å². The Morgan fingerprint density at radius 2 is 2.00 bits per heavy atom. The number of H-pyrrole nitrogens is 1.